The van der Waals surface area contributed by atoms with E-state index in [1.165, 1.54) is 18.4 Å². The Hall–Kier alpha value is -1.83. The van der Waals surface area contributed by atoms with E-state index in [1.807, 2.05) is 31.3 Å². The standard InChI is InChI=1S/C15H15NO/c1-10-2-3-12(8-15(10)17)14-7-6-13(9-16-14)11-4-5-11/h2-3,6-9,11,17H,4-5H2,1H3. The lowest BCUT2D eigenvalue weighted by molar-refractivity contribution is 0.471. The van der Waals surface area contributed by atoms with E-state index in [9.17, 15) is 5.11 Å². The first-order chi connectivity index (χ1) is 8.24. The summed E-state index contributed by atoms with van der Waals surface area (Å²) in [4.78, 5) is 4.47. The maximum atomic E-state index is 9.69. The van der Waals surface area contributed by atoms with Crippen LogP contribution in [0.1, 0.15) is 29.9 Å². The second-order valence-corrected chi connectivity index (χ2v) is 4.75. The third kappa shape index (κ3) is 2.03. The van der Waals surface area contributed by atoms with Crippen LogP contribution in [0.15, 0.2) is 36.5 Å². The summed E-state index contributed by atoms with van der Waals surface area (Å²) in [6, 6.07) is 9.87. The summed E-state index contributed by atoms with van der Waals surface area (Å²) in [6.07, 6.45) is 4.56. The van der Waals surface area contributed by atoms with Crippen LogP contribution in [-0.4, -0.2) is 10.1 Å². The predicted octanol–water partition coefficient (Wildman–Crippen LogP) is 3.64. The van der Waals surface area contributed by atoms with Crippen LogP contribution in [0.2, 0.25) is 0 Å². The molecule has 1 saturated carbocycles. The van der Waals surface area contributed by atoms with Gasteiger partial charge in [0.15, 0.2) is 0 Å². The van der Waals surface area contributed by atoms with Crippen molar-refractivity contribution in [2.75, 3.05) is 0 Å². The number of aromatic hydroxyl groups is 1. The molecule has 3 rings (SSSR count). The van der Waals surface area contributed by atoms with E-state index in [4.69, 9.17) is 0 Å². The number of pyridine rings is 1. The summed E-state index contributed by atoms with van der Waals surface area (Å²) >= 11 is 0. The Bertz CT molecular complexity index is 541. The second-order valence-electron chi connectivity index (χ2n) is 4.75. The molecule has 0 amide bonds. The van der Waals surface area contributed by atoms with Gasteiger partial charge in [0, 0.05) is 11.8 Å². The van der Waals surface area contributed by atoms with Gasteiger partial charge < -0.3 is 5.11 Å². The molecule has 0 saturated heterocycles. The molecular formula is C15H15NO. The van der Waals surface area contributed by atoms with Gasteiger partial charge in [-0.05, 0) is 48.9 Å². The van der Waals surface area contributed by atoms with Crippen LogP contribution >= 0.6 is 0 Å². The van der Waals surface area contributed by atoms with Crippen molar-refractivity contribution in [1.82, 2.24) is 4.98 Å². The van der Waals surface area contributed by atoms with Gasteiger partial charge >= 0.3 is 0 Å². The zero-order valence-electron chi connectivity index (χ0n) is 9.85. The summed E-state index contributed by atoms with van der Waals surface area (Å²) in [5, 5.41) is 9.69. The first-order valence-corrected chi connectivity index (χ1v) is 6.00. The fraction of sp³-hybridized carbons (Fsp3) is 0.267. The molecule has 2 nitrogen and oxygen atoms in total. The van der Waals surface area contributed by atoms with Crippen molar-refractivity contribution >= 4 is 0 Å². The van der Waals surface area contributed by atoms with E-state index in [2.05, 4.69) is 11.1 Å². The van der Waals surface area contributed by atoms with E-state index >= 15 is 0 Å². The van der Waals surface area contributed by atoms with Gasteiger partial charge in [-0.1, -0.05) is 18.2 Å². The Morgan fingerprint density at radius 1 is 1.18 bits per heavy atom. The van der Waals surface area contributed by atoms with Crippen LogP contribution in [0, 0.1) is 6.92 Å². The molecule has 0 atom stereocenters. The molecule has 1 heterocycles. The summed E-state index contributed by atoms with van der Waals surface area (Å²) in [7, 11) is 0. The van der Waals surface area contributed by atoms with Crippen molar-refractivity contribution in [1.29, 1.82) is 0 Å². The summed E-state index contributed by atoms with van der Waals surface area (Å²) in [5.74, 6) is 1.07. The molecular weight excluding hydrogens is 210 g/mol. The van der Waals surface area contributed by atoms with Crippen LogP contribution in [0.3, 0.4) is 0 Å². The topological polar surface area (TPSA) is 33.1 Å². The predicted molar refractivity (Wildman–Crippen MR) is 68.0 cm³/mol. The Morgan fingerprint density at radius 3 is 2.59 bits per heavy atom. The molecule has 86 valence electrons. The van der Waals surface area contributed by atoms with E-state index in [-0.39, 0.29) is 0 Å². The molecule has 1 fully saturated rings. The number of rotatable bonds is 2. The van der Waals surface area contributed by atoms with Gasteiger partial charge in [-0.3, -0.25) is 4.98 Å². The Labute approximate surface area is 101 Å². The highest BCUT2D eigenvalue weighted by atomic mass is 16.3. The first kappa shape index (κ1) is 10.3. The van der Waals surface area contributed by atoms with Crippen molar-refractivity contribution in [2.45, 2.75) is 25.7 Å². The Morgan fingerprint density at radius 2 is 2.00 bits per heavy atom. The van der Waals surface area contributed by atoms with Crippen molar-refractivity contribution in [3.05, 3.63) is 47.7 Å². The van der Waals surface area contributed by atoms with Crippen molar-refractivity contribution in [3.63, 3.8) is 0 Å². The average Bonchev–Trinajstić information content (AvgIpc) is 3.17. The van der Waals surface area contributed by atoms with E-state index in [0.29, 0.717) is 5.75 Å². The van der Waals surface area contributed by atoms with E-state index in [0.717, 1.165) is 22.7 Å². The molecule has 0 aliphatic heterocycles. The minimum absolute atomic E-state index is 0.329. The van der Waals surface area contributed by atoms with Crippen LogP contribution in [-0.2, 0) is 0 Å². The van der Waals surface area contributed by atoms with Gasteiger partial charge in [0.25, 0.3) is 0 Å². The number of hydrogen-bond acceptors (Lipinski definition) is 2. The fourth-order valence-electron chi connectivity index (χ4n) is 2.00. The van der Waals surface area contributed by atoms with E-state index in [1.54, 1.807) is 6.07 Å². The van der Waals surface area contributed by atoms with Crippen LogP contribution < -0.4 is 0 Å². The highest BCUT2D eigenvalue weighted by molar-refractivity contribution is 5.62. The van der Waals surface area contributed by atoms with Crippen LogP contribution in [0.4, 0.5) is 0 Å². The normalized spacial score (nSPS) is 14.9. The molecule has 2 heteroatoms. The maximum absolute atomic E-state index is 9.69. The molecule has 0 bridgehead atoms. The fourth-order valence-corrected chi connectivity index (χ4v) is 2.00. The molecule has 1 aliphatic carbocycles. The smallest absolute Gasteiger partial charge is 0.119 e. The van der Waals surface area contributed by atoms with Gasteiger partial charge in [0.2, 0.25) is 0 Å². The SMILES string of the molecule is Cc1ccc(-c2ccc(C3CC3)cn2)cc1O. The summed E-state index contributed by atoms with van der Waals surface area (Å²) in [5.41, 5.74) is 4.12. The minimum Gasteiger partial charge on any atom is -0.508 e. The van der Waals surface area contributed by atoms with Gasteiger partial charge in [-0.15, -0.1) is 0 Å². The lowest BCUT2D eigenvalue weighted by Crippen LogP contribution is -1.87. The quantitative estimate of drug-likeness (QED) is 0.846. The molecule has 0 unspecified atom stereocenters. The molecule has 1 N–H and O–H groups in total. The maximum Gasteiger partial charge on any atom is 0.119 e. The Kier molecular flexibility index (Phi) is 2.36. The minimum atomic E-state index is 0.329. The zero-order chi connectivity index (χ0) is 11.8. The number of aromatic nitrogens is 1. The van der Waals surface area contributed by atoms with Crippen LogP contribution in [0.25, 0.3) is 11.3 Å². The monoisotopic (exact) mass is 225 g/mol. The summed E-state index contributed by atoms with van der Waals surface area (Å²) in [6.45, 7) is 1.89. The number of nitrogens with zero attached hydrogens (tertiary/aromatic N) is 1. The molecule has 2 aromatic rings. The summed E-state index contributed by atoms with van der Waals surface area (Å²) < 4.78 is 0. The van der Waals surface area contributed by atoms with E-state index < -0.39 is 0 Å². The van der Waals surface area contributed by atoms with Gasteiger partial charge in [0.05, 0.1) is 5.69 Å². The van der Waals surface area contributed by atoms with Gasteiger partial charge in [-0.25, -0.2) is 0 Å². The highest BCUT2D eigenvalue weighted by Gasteiger charge is 2.23. The number of hydrogen-bond donors (Lipinski definition) is 1. The lowest BCUT2D eigenvalue weighted by Gasteiger charge is -2.05. The van der Waals surface area contributed by atoms with Crippen LogP contribution in [0.5, 0.6) is 5.75 Å². The number of aryl methyl sites for hydroxylation is 1. The molecule has 0 radical (unpaired) electrons. The first-order valence-electron chi connectivity index (χ1n) is 6.00. The number of benzene rings is 1. The van der Waals surface area contributed by atoms with Gasteiger partial charge in [0.1, 0.15) is 5.75 Å². The number of phenolic OH excluding ortho intramolecular Hbond substituents is 1. The Balaban J connectivity index is 1.94. The van der Waals surface area contributed by atoms with Crippen molar-refractivity contribution in [2.24, 2.45) is 0 Å². The third-order valence-corrected chi connectivity index (χ3v) is 3.34. The number of phenols is 1. The van der Waals surface area contributed by atoms with Crippen molar-refractivity contribution in [3.8, 4) is 17.0 Å². The molecule has 1 aromatic carbocycles. The second kappa shape index (κ2) is 3.88. The van der Waals surface area contributed by atoms with Crippen molar-refractivity contribution < 1.29 is 5.11 Å². The molecule has 1 aromatic heterocycles. The zero-order valence-corrected chi connectivity index (χ0v) is 9.85. The lowest BCUT2D eigenvalue weighted by atomic mass is 10.1. The molecule has 1 aliphatic rings. The molecule has 17 heavy (non-hydrogen) atoms. The largest absolute Gasteiger partial charge is 0.508 e. The molecule has 0 spiro atoms. The van der Waals surface area contributed by atoms with Gasteiger partial charge in [-0.2, -0.15) is 0 Å². The third-order valence-electron chi connectivity index (χ3n) is 3.34. The highest BCUT2D eigenvalue weighted by Crippen LogP contribution is 2.40. The average molecular weight is 225 g/mol.